The van der Waals surface area contributed by atoms with E-state index in [4.69, 9.17) is 0 Å². The summed E-state index contributed by atoms with van der Waals surface area (Å²) < 4.78 is 50.6. The van der Waals surface area contributed by atoms with Gasteiger partial charge in [0.2, 0.25) is 0 Å². The summed E-state index contributed by atoms with van der Waals surface area (Å²) in [4.78, 5) is 19.2. The average Bonchev–Trinajstić information content (AvgIpc) is 2.96. The summed E-state index contributed by atoms with van der Waals surface area (Å²) in [5, 5.41) is 2.61. The molecule has 2 aromatic carbocycles. The van der Waals surface area contributed by atoms with Gasteiger partial charge in [0.15, 0.2) is 0 Å². The van der Waals surface area contributed by atoms with Gasteiger partial charge < -0.3 is 10.3 Å². The number of carbonyl (C=O) groups is 1. The number of benzene rings is 2. The normalized spacial score (nSPS) is 11.7. The maximum atomic E-state index is 13.1. The molecular weight excluding hydrogens is 338 g/mol. The Hall–Kier alpha value is -2.90. The second-order valence-corrected chi connectivity index (χ2v) is 5.43. The predicted molar refractivity (Wildman–Crippen MR) is 83.5 cm³/mol. The molecule has 0 saturated heterocycles. The van der Waals surface area contributed by atoms with Crippen molar-refractivity contribution in [3.8, 4) is 0 Å². The zero-order valence-corrected chi connectivity index (χ0v) is 12.8. The van der Waals surface area contributed by atoms with Gasteiger partial charge in [-0.15, -0.1) is 0 Å². The number of amides is 1. The van der Waals surface area contributed by atoms with Crippen LogP contribution in [-0.4, -0.2) is 22.4 Å². The van der Waals surface area contributed by atoms with Crippen molar-refractivity contribution >= 4 is 16.9 Å². The first-order valence-corrected chi connectivity index (χ1v) is 7.42. The molecule has 0 aliphatic carbocycles. The number of H-pyrrole nitrogens is 1. The summed E-state index contributed by atoms with van der Waals surface area (Å²) in [5.41, 5.74) is 0.507. The highest BCUT2D eigenvalue weighted by Crippen LogP contribution is 2.29. The van der Waals surface area contributed by atoms with Crippen molar-refractivity contribution in [2.45, 2.75) is 12.6 Å². The van der Waals surface area contributed by atoms with Gasteiger partial charge >= 0.3 is 6.18 Å². The van der Waals surface area contributed by atoms with E-state index in [9.17, 15) is 22.4 Å². The zero-order valence-electron chi connectivity index (χ0n) is 12.8. The van der Waals surface area contributed by atoms with Crippen LogP contribution in [0.5, 0.6) is 0 Å². The van der Waals surface area contributed by atoms with Crippen LogP contribution in [0.1, 0.15) is 21.7 Å². The smallest absolute Gasteiger partial charge is 0.352 e. The second kappa shape index (κ2) is 6.54. The maximum Gasteiger partial charge on any atom is 0.416 e. The first-order chi connectivity index (χ1) is 11.8. The van der Waals surface area contributed by atoms with E-state index in [0.29, 0.717) is 23.3 Å². The summed E-state index contributed by atoms with van der Waals surface area (Å²) >= 11 is 0. The van der Waals surface area contributed by atoms with E-state index in [1.54, 1.807) is 6.07 Å². The van der Waals surface area contributed by atoms with E-state index in [2.05, 4.69) is 15.3 Å². The Balaban J connectivity index is 1.58. The van der Waals surface area contributed by atoms with Crippen LogP contribution >= 0.6 is 0 Å². The van der Waals surface area contributed by atoms with Gasteiger partial charge in [0.1, 0.15) is 11.6 Å². The minimum atomic E-state index is -4.43. The first kappa shape index (κ1) is 16.9. The SMILES string of the molecule is O=C(NCCc1nc2ccc(F)cc2[nH]1)c1ccc(C(F)(F)F)cc1. The lowest BCUT2D eigenvalue weighted by Gasteiger charge is -2.08. The summed E-state index contributed by atoms with van der Waals surface area (Å²) in [7, 11) is 0. The van der Waals surface area contributed by atoms with Crippen LogP contribution in [0.4, 0.5) is 17.6 Å². The lowest BCUT2D eigenvalue weighted by atomic mass is 10.1. The Labute approximate surface area is 139 Å². The fourth-order valence-corrected chi connectivity index (χ4v) is 2.36. The van der Waals surface area contributed by atoms with Crippen molar-refractivity contribution in [3.05, 3.63) is 65.2 Å². The molecular formula is C17H13F4N3O. The highest BCUT2D eigenvalue weighted by atomic mass is 19.4. The number of rotatable bonds is 4. The van der Waals surface area contributed by atoms with E-state index in [0.717, 1.165) is 24.3 Å². The summed E-state index contributed by atoms with van der Waals surface area (Å²) in [6.45, 7) is 0.238. The minimum absolute atomic E-state index is 0.139. The van der Waals surface area contributed by atoms with Gasteiger partial charge in [0, 0.05) is 18.5 Å². The molecule has 1 aromatic heterocycles. The van der Waals surface area contributed by atoms with Crippen LogP contribution in [0.25, 0.3) is 11.0 Å². The van der Waals surface area contributed by atoms with Crippen LogP contribution in [0.2, 0.25) is 0 Å². The number of nitrogens with one attached hydrogen (secondary N) is 2. The van der Waals surface area contributed by atoms with Gasteiger partial charge in [-0.25, -0.2) is 9.37 Å². The summed E-state index contributed by atoms with van der Waals surface area (Å²) in [6.07, 6.45) is -4.06. The molecule has 0 radical (unpaired) electrons. The van der Waals surface area contributed by atoms with Gasteiger partial charge in [0.05, 0.1) is 16.6 Å². The van der Waals surface area contributed by atoms with Crippen molar-refractivity contribution in [1.29, 1.82) is 0 Å². The largest absolute Gasteiger partial charge is 0.416 e. The molecule has 0 aliphatic heterocycles. The van der Waals surface area contributed by atoms with Crippen molar-refractivity contribution in [3.63, 3.8) is 0 Å². The van der Waals surface area contributed by atoms with E-state index in [1.165, 1.54) is 12.1 Å². The third kappa shape index (κ3) is 3.96. The molecule has 25 heavy (non-hydrogen) atoms. The number of hydrogen-bond donors (Lipinski definition) is 2. The summed E-state index contributed by atoms with van der Waals surface area (Å²) in [6, 6.07) is 8.16. The molecule has 2 N–H and O–H groups in total. The van der Waals surface area contributed by atoms with E-state index in [-0.39, 0.29) is 17.9 Å². The van der Waals surface area contributed by atoms with Crippen LogP contribution in [-0.2, 0) is 12.6 Å². The van der Waals surface area contributed by atoms with Crippen LogP contribution in [0.3, 0.4) is 0 Å². The van der Waals surface area contributed by atoms with Crippen LogP contribution in [0.15, 0.2) is 42.5 Å². The van der Waals surface area contributed by atoms with Crippen molar-refractivity contribution < 1.29 is 22.4 Å². The molecule has 3 rings (SSSR count). The number of imidazole rings is 1. The standard InChI is InChI=1S/C17H13F4N3O/c18-12-5-6-13-14(9-12)24-15(23-13)7-8-22-16(25)10-1-3-11(4-2-10)17(19,20)21/h1-6,9H,7-8H2,(H,22,25)(H,23,24). The molecule has 0 atom stereocenters. The number of alkyl halides is 3. The van der Waals surface area contributed by atoms with E-state index >= 15 is 0 Å². The number of aromatic nitrogens is 2. The van der Waals surface area contributed by atoms with Gasteiger partial charge in [-0.2, -0.15) is 13.2 Å². The number of aromatic amines is 1. The van der Waals surface area contributed by atoms with Crippen molar-refractivity contribution in [2.75, 3.05) is 6.54 Å². The second-order valence-electron chi connectivity index (χ2n) is 5.43. The number of nitrogens with zero attached hydrogens (tertiary/aromatic N) is 1. The molecule has 0 saturated carbocycles. The monoisotopic (exact) mass is 351 g/mol. The topological polar surface area (TPSA) is 57.8 Å². The van der Waals surface area contributed by atoms with Crippen molar-refractivity contribution in [1.82, 2.24) is 15.3 Å². The molecule has 130 valence electrons. The third-order valence-electron chi connectivity index (χ3n) is 3.61. The van der Waals surface area contributed by atoms with Gasteiger partial charge in [-0.05, 0) is 42.5 Å². The number of halogens is 4. The lowest BCUT2D eigenvalue weighted by molar-refractivity contribution is -0.137. The highest BCUT2D eigenvalue weighted by molar-refractivity contribution is 5.94. The first-order valence-electron chi connectivity index (χ1n) is 7.42. The quantitative estimate of drug-likeness (QED) is 0.705. The molecule has 3 aromatic rings. The van der Waals surface area contributed by atoms with Gasteiger partial charge in [0.25, 0.3) is 5.91 Å². The fraction of sp³-hybridized carbons (Fsp3) is 0.176. The molecule has 0 aliphatic rings. The Morgan fingerprint density at radius 2 is 1.84 bits per heavy atom. The average molecular weight is 351 g/mol. The molecule has 1 amide bonds. The third-order valence-corrected chi connectivity index (χ3v) is 3.61. The van der Waals surface area contributed by atoms with E-state index in [1.807, 2.05) is 0 Å². The number of fused-ring (bicyclic) bond motifs is 1. The van der Waals surface area contributed by atoms with Gasteiger partial charge in [-0.1, -0.05) is 0 Å². The van der Waals surface area contributed by atoms with Crippen molar-refractivity contribution in [2.24, 2.45) is 0 Å². The fourth-order valence-electron chi connectivity index (χ4n) is 2.36. The zero-order chi connectivity index (χ0) is 18.0. The van der Waals surface area contributed by atoms with Crippen LogP contribution < -0.4 is 5.32 Å². The number of hydrogen-bond acceptors (Lipinski definition) is 2. The maximum absolute atomic E-state index is 13.1. The molecule has 0 fully saturated rings. The molecule has 8 heteroatoms. The Kier molecular flexibility index (Phi) is 4.43. The lowest BCUT2D eigenvalue weighted by Crippen LogP contribution is -2.26. The molecule has 4 nitrogen and oxygen atoms in total. The molecule has 0 spiro atoms. The predicted octanol–water partition coefficient (Wildman–Crippen LogP) is 3.69. The Morgan fingerprint density at radius 3 is 2.52 bits per heavy atom. The molecule has 1 heterocycles. The van der Waals surface area contributed by atoms with Gasteiger partial charge in [-0.3, -0.25) is 4.79 Å². The molecule has 0 unspecified atom stereocenters. The minimum Gasteiger partial charge on any atom is -0.352 e. The molecule has 0 bridgehead atoms. The Bertz CT molecular complexity index is 900. The number of carbonyl (C=O) groups excluding carboxylic acids is 1. The van der Waals surface area contributed by atoms with E-state index < -0.39 is 17.6 Å². The Morgan fingerprint density at radius 1 is 1.12 bits per heavy atom. The highest BCUT2D eigenvalue weighted by Gasteiger charge is 2.30. The van der Waals surface area contributed by atoms with Crippen LogP contribution in [0, 0.1) is 5.82 Å². The summed E-state index contributed by atoms with van der Waals surface area (Å²) in [5.74, 6) is -0.275.